The molecule has 0 amide bonds. The first-order valence-corrected chi connectivity index (χ1v) is 22.8. The topological polar surface area (TPSA) is 12.5 Å². The maximum atomic E-state index is 6.81. The molecule has 0 saturated heterocycles. The maximum Gasteiger partial charge on any atom is 0.129 e. The van der Waals surface area contributed by atoms with Crippen LogP contribution in [0.1, 0.15) is 106 Å². The van der Waals surface area contributed by atoms with Gasteiger partial charge >= 0.3 is 0 Å². The Morgan fingerprint density at radius 1 is 0.719 bits per heavy atom. The molecular formula is C55H57NO. The van der Waals surface area contributed by atoms with Crippen LogP contribution in [0, 0.1) is 29.6 Å². The van der Waals surface area contributed by atoms with Crippen molar-refractivity contribution in [1.29, 1.82) is 0 Å². The van der Waals surface area contributed by atoms with E-state index in [0.29, 0.717) is 47.6 Å². The molecule has 288 valence electrons. The van der Waals surface area contributed by atoms with Crippen LogP contribution in [0.4, 0.5) is 0 Å². The van der Waals surface area contributed by atoms with Crippen molar-refractivity contribution in [1.82, 2.24) is 4.90 Å². The smallest absolute Gasteiger partial charge is 0.129 e. The average Bonchev–Trinajstić information content (AvgIpc) is 3.91. The molecule has 1 spiro atoms. The maximum absolute atomic E-state index is 6.81. The molecule has 57 heavy (non-hydrogen) atoms. The zero-order valence-electron chi connectivity index (χ0n) is 33.4. The van der Waals surface area contributed by atoms with Gasteiger partial charge in [-0.1, -0.05) is 145 Å². The largest absolute Gasteiger partial charge is 0.489 e. The summed E-state index contributed by atoms with van der Waals surface area (Å²) >= 11 is 0. The fourth-order valence-corrected chi connectivity index (χ4v) is 14.2. The third-order valence-corrected chi connectivity index (χ3v) is 16.4. The van der Waals surface area contributed by atoms with E-state index in [1.165, 1.54) is 86.8 Å². The Kier molecular flexibility index (Phi) is 8.34. The molecule has 1 saturated carbocycles. The van der Waals surface area contributed by atoms with Gasteiger partial charge < -0.3 is 9.64 Å². The highest BCUT2D eigenvalue weighted by molar-refractivity contribution is 5.64. The van der Waals surface area contributed by atoms with Crippen molar-refractivity contribution in [3.63, 3.8) is 0 Å². The highest BCUT2D eigenvalue weighted by atomic mass is 16.5. The zero-order valence-corrected chi connectivity index (χ0v) is 33.4. The van der Waals surface area contributed by atoms with Crippen LogP contribution < -0.4 is 0 Å². The van der Waals surface area contributed by atoms with Gasteiger partial charge in [0.15, 0.2) is 0 Å². The summed E-state index contributed by atoms with van der Waals surface area (Å²) in [6, 6.07) is 22.0. The summed E-state index contributed by atoms with van der Waals surface area (Å²) in [5.74, 6) is 4.59. The second kappa shape index (κ2) is 13.8. The lowest BCUT2D eigenvalue weighted by Crippen LogP contribution is -2.51. The van der Waals surface area contributed by atoms with Crippen molar-refractivity contribution in [3.8, 4) is 0 Å². The van der Waals surface area contributed by atoms with E-state index in [9.17, 15) is 0 Å². The predicted molar refractivity (Wildman–Crippen MR) is 232 cm³/mol. The minimum absolute atomic E-state index is 0.0257. The van der Waals surface area contributed by atoms with Crippen LogP contribution in [0.3, 0.4) is 0 Å². The van der Waals surface area contributed by atoms with Gasteiger partial charge in [0.1, 0.15) is 11.9 Å². The van der Waals surface area contributed by atoms with E-state index < -0.39 is 0 Å². The highest BCUT2D eigenvalue weighted by Crippen LogP contribution is 2.69. The monoisotopic (exact) mass is 747 g/mol. The molecule has 1 aliphatic heterocycles. The van der Waals surface area contributed by atoms with Crippen molar-refractivity contribution in [2.24, 2.45) is 29.6 Å². The first-order valence-electron chi connectivity index (χ1n) is 22.8. The second-order valence-electron chi connectivity index (χ2n) is 18.9. The van der Waals surface area contributed by atoms with Gasteiger partial charge in [-0.15, -0.1) is 0 Å². The lowest BCUT2D eigenvalue weighted by atomic mass is 9.58. The molecule has 1 fully saturated rings. The number of ether oxygens (including phenoxy) is 1. The Labute approximate surface area is 340 Å². The molecule has 2 heteroatoms. The molecule has 0 aromatic heterocycles. The number of benzene rings is 2. The molecule has 9 aliphatic carbocycles. The van der Waals surface area contributed by atoms with E-state index in [1.807, 2.05) is 0 Å². The SMILES string of the molecule is C1=CC2OC3=C(C=CCC3)C2C(N(C2C=CC3C4=C(C=C(C5C=CCCC5)CC4)C4(c5ccccc5C5C=CC=CC54)C3C2)C2CCCC(c3ccccc3)C2)=C1. The van der Waals surface area contributed by atoms with E-state index in [1.54, 1.807) is 27.8 Å². The Bertz CT molecular complexity index is 2270. The summed E-state index contributed by atoms with van der Waals surface area (Å²) < 4.78 is 6.81. The van der Waals surface area contributed by atoms with Crippen molar-refractivity contribution in [2.75, 3.05) is 0 Å². The molecule has 11 atom stereocenters. The molecule has 0 bridgehead atoms. The van der Waals surface area contributed by atoms with Crippen LogP contribution in [-0.4, -0.2) is 23.1 Å². The minimum atomic E-state index is -0.0257. The van der Waals surface area contributed by atoms with Gasteiger partial charge in [-0.25, -0.2) is 0 Å². The predicted octanol–water partition coefficient (Wildman–Crippen LogP) is 12.8. The summed E-state index contributed by atoms with van der Waals surface area (Å²) in [5, 5.41) is 0. The highest BCUT2D eigenvalue weighted by Gasteiger charge is 2.63. The van der Waals surface area contributed by atoms with E-state index >= 15 is 0 Å². The number of fused-ring (bicyclic) bond motifs is 11. The second-order valence-corrected chi connectivity index (χ2v) is 18.9. The van der Waals surface area contributed by atoms with Gasteiger partial charge in [-0.05, 0) is 116 Å². The van der Waals surface area contributed by atoms with Crippen LogP contribution in [0.2, 0.25) is 0 Å². The fraction of sp³-hybridized carbons (Fsp3) is 0.418. The van der Waals surface area contributed by atoms with Gasteiger partial charge in [-0.2, -0.15) is 0 Å². The Hall–Kier alpha value is -4.56. The van der Waals surface area contributed by atoms with Crippen LogP contribution in [0.15, 0.2) is 173 Å². The fourth-order valence-electron chi connectivity index (χ4n) is 14.2. The lowest BCUT2D eigenvalue weighted by Gasteiger charge is -2.51. The summed E-state index contributed by atoms with van der Waals surface area (Å²) in [6.45, 7) is 0. The zero-order chi connectivity index (χ0) is 37.5. The van der Waals surface area contributed by atoms with Crippen LogP contribution in [0.5, 0.6) is 0 Å². The van der Waals surface area contributed by atoms with E-state index in [0.717, 1.165) is 12.8 Å². The summed E-state index contributed by atoms with van der Waals surface area (Å²) in [4.78, 5) is 3.01. The number of rotatable bonds is 5. The van der Waals surface area contributed by atoms with Crippen molar-refractivity contribution < 1.29 is 4.74 Å². The normalized spacial score (nSPS) is 37.9. The molecule has 2 aromatic carbocycles. The van der Waals surface area contributed by atoms with Gasteiger partial charge in [0.05, 0.1) is 5.92 Å². The quantitative estimate of drug-likeness (QED) is 0.283. The number of hydrogen-bond donors (Lipinski definition) is 0. The van der Waals surface area contributed by atoms with Gasteiger partial charge in [0, 0.05) is 52.9 Å². The molecule has 11 unspecified atom stereocenters. The van der Waals surface area contributed by atoms with Gasteiger partial charge in [-0.3, -0.25) is 0 Å². The minimum Gasteiger partial charge on any atom is -0.489 e. The molecule has 12 rings (SSSR count). The molecule has 10 aliphatic rings. The molecule has 0 radical (unpaired) electrons. The van der Waals surface area contributed by atoms with Crippen LogP contribution >= 0.6 is 0 Å². The van der Waals surface area contributed by atoms with Crippen molar-refractivity contribution in [2.45, 2.75) is 112 Å². The van der Waals surface area contributed by atoms with Crippen LogP contribution in [-0.2, 0) is 10.2 Å². The third kappa shape index (κ3) is 5.27. The Morgan fingerprint density at radius 3 is 2.56 bits per heavy atom. The molecule has 2 nitrogen and oxygen atoms in total. The number of hydrogen-bond acceptors (Lipinski definition) is 2. The Morgan fingerprint density at radius 2 is 1.63 bits per heavy atom. The average molecular weight is 748 g/mol. The summed E-state index contributed by atoms with van der Waals surface area (Å²) in [7, 11) is 0. The van der Waals surface area contributed by atoms with E-state index in [2.05, 4.69) is 145 Å². The third-order valence-electron chi connectivity index (χ3n) is 16.4. The van der Waals surface area contributed by atoms with Gasteiger partial charge in [0.2, 0.25) is 0 Å². The van der Waals surface area contributed by atoms with Gasteiger partial charge in [0.25, 0.3) is 0 Å². The molecular weight excluding hydrogens is 691 g/mol. The van der Waals surface area contributed by atoms with Crippen molar-refractivity contribution in [3.05, 3.63) is 190 Å². The molecule has 1 heterocycles. The van der Waals surface area contributed by atoms with E-state index in [-0.39, 0.29) is 17.4 Å². The lowest BCUT2D eigenvalue weighted by molar-refractivity contribution is 0.0880. The first kappa shape index (κ1) is 34.5. The Balaban J connectivity index is 0.994. The standard InChI is InChI=1S/C55H57NO/c1-3-15-36(16-4-1)38-19-13-20-40(33-38)56(51-26-14-28-53-54(51)46-23-9-12-27-52(46)57-53)41-30-32-45-44-31-29-39(37-17-5-2-6-18-37)34-49(44)55(50(45)35-41)47-24-10-7-21-42(47)43-22-8-11-25-48(43)55/h1,3-5,7-11,14-17,21-26,28,30,32,34,37-38,40-42,45,47,50,53-54H,2,6,12-13,18-20,27,29,31,33,35H2. The number of allylic oxidation sites excluding steroid dienone is 16. The van der Waals surface area contributed by atoms with Crippen molar-refractivity contribution >= 4 is 0 Å². The van der Waals surface area contributed by atoms with Crippen LogP contribution in [0.25, 0.3) is 0 Å². The molecule has 2 aromatic rings. The summed E-state index contributed by atoms with van der Waals surface area (Å²) in [5.41, 5.74) is 12.8. The van der Waals surface area contributed by atoms with E-state index in [4.69, 9.17) is 4.74 Å². The number of nitrogens with zero attached hydrogens (tertiary/aromatic N) is 1. The molecule has 0 N–H and O–H groups in total. The first-order chi connectivity index (χ1) is 28.3. The summed E-state index contributed by atoms with van der Waals surface area (Å²) in [6.07, 6.45) is 49.9.